The molecule has 0 aliphatic carbocycles. The number of sulfonamides is 1. The summed E-state index contributed by atoms with van der Waals surface area (Å²) < 4.78 is 41.5. The van der Waals surface area contributed by atoms with Crippen molar-refractivity contribution in [3.8, 4) is 0 Å². The first-order chi connectivity index (χ1) is 12.9. The molecule has 0 fully saturated rings. The van der Waals surface area contributed by atoms with Crippen molar-refractivity contribution in [3.63, 3.8) is 0 Å². The van der Waals surface area contributed by atoms with E-state index in [0.717, 1.165) is 22.3 Å². The van der Waals surface area contributed by atoms with E-state index in [0.29, 0.717) is 17.9 Å². The normalized spacial score (nSPS) is 17.0. The number of nitrogens with zero attached hydrogens (tertiary/aromatic N) is 1. The van der Waals surface area contributed by atoms with Gasteiger partial charge < -0.3 is 0 Å². The Morgan fingerprint density at radius 3 is 2.33 bits per heavy atom. The topological polar surface area (TPSA) is 37.4 Å². The summed E-state index contributed by atoms with van der Waals surface area (Å²) in [7, 11) is -3.64. The summed E-state index contributed by atoms with van der Waals surface area (Å²) in [4.78, 5) is 0.296. The summed E-state index contributed by atoms with van der Waals surface area (Å²) in [5, 5.41) is 0. The molecule has 0 radical (unpaired) electrons. The zero-order chi connectivity index (χ0) is 19.0. The lowest BCUT2D eigenvalue weighted by Crippen LogP contribution is -2.31. The van der Waals surface area contributed by atoms with Gasteiger partial charge in [-0.1, -0.05) is 54.1 Å². The largest absolute Gasteiger partial charge is 0.243 e. The molecule has 4 rings (SSSR count). The molecule has 1 heterocycles. The molecule has 0 saturated heterocycles. The third-order valence-corrected chi connectivity index (χ3v) is 6.93. The minimum Gasteiger partial charge on any atom is -0.207 e. The summed E-state index contributed by atoms with van der Waals surface area (Å²) in [6, 6.07) is 20.7. The highest BCUT2D eigenvalue weighted by Gasteiger charge is 2.38. The van der Waals surface area contributed by atoms with E-state index in [9.17, 15) is 12.8 Å². The molecule has 0 N–H and O–H groups in total. The molecule has 138 valence electrons. The van der Waals surface area contributed by atoms with Gasteiger partial charge in [-0.25, -0.2) is 12.8 Å². The van der Waals surface area contributed by atoms with E-state index in [1.807, 2.05) is 43.3 Å². The Kier molecular flexibility index (Phi) is 4.58. The van der Waals surface area contributed by atoms with E-state index in [-0.39, 0.29) is 11.9 Å². The second-order valence-corrected chi connectivity index (χ2v) is 8.80. The van der Waals surface area contributed by atoms with Gasteiger partial charge in [-0.15, -0.1) is 0 Å². The molecular weight excluding hydrogens is 361 g/mol. The maximum atomic E-state index is 13.3. The van der Waals surface area contributed by atoms with Crippen LogP contribution in [0.5, 0.6) is 0 Å². The number of rotatable bonds is 4. The van der Waals surface area contributed by atoms with E-state index >= 15 is 0 Å². The van der Waals surface area contributed by atoms with Gasteiger partial charge in [0.15, 0.2) is 0 Å². The third kappa shape index (κ3) is 3.40. The lowest BCUT2D eigenvalue weighted by Gasteiger charge is -2.25. The molecule has 27 heavy (non-hydrogen) atoms. The molecular formula is C22H20FNO2S. The first kappa shape index (κ1) is 17.9. The van der Waals surface area contributed by atoms with Gasteiger partial charge in [0.05, 0.1) is 10.9 Å². The second-order valence-electron chi connectivity index (χ2n) is 6.91. The Morgan fingerprint density at radius 2 is 1.63 bits per heavy atom. The Balaban J connectivity index is 1.74. The van der Waals surface area contributed by atoms with Crippen LogP contribution in [-0.4, -0.2) is 12.7 Å². The van der Waals surface area contributed by atoms with Gasteiger partial charge in [0, 0.05) is 6.54 Å². The molecule has 0 amide bonds. The maximum absolute atomic E-state index is 13.3. The number of hydrogen-bond donors (Lipinski definition) is 0. The predicted molar refractivity (Wildman–Crippen MR) is 103 cm³/mol. The van der Waals surface area contributed by atoms with Gasteiger partial charge in [-0.05, 0) is 54.3 Å². The summed E-state index contributed by atoms with van der Waals surface area (Å²) in [6.45, 7) is 2.28. The van der Waals surface area contributed by atoms with Crippen molar-refractivity contribution in [1.82, 2.24) is 4.31 Å². The maximum Gasteiger partial charge on any atom is 0.243 e. The lowest BCUT2D eigenvalue weighted by atomic mass is 9.99. The van der Waals surface area contributed by atoms with Crippen LogP contribution in [-0.2, 0) is 23.0 Å². The van der Waals surface area contributed by atoms with Crippen molar-refractivity contribution >= 4 is 10.0 Å². The van der Waals surface area contributed by atoms with Crippen molar-refractivity contribution in [1.29, 1.82) is 0 Å². The van der Waals surface area contributed by atoms with Crippen molar-refractivity contribution < 1.29 is 12.8 Å². The van der Waals surface area contributed by atoms with Crippen LogP contribution >= 0.6 is 0 Å². The first-order valence-corrected chi connectivity index (χ1v) is 10.3. The SMILES string of the molecule is Cc1ccc(S(=O)(=O)N2Cc3ccccc3C2Cc2ccc(F)cc2)cc1. The van der Waals surface area contributed by atoms with E-state index in [4.69, 9.17) is 0 Å². The van der Waals surface area contributed by atoms with Crippen LogP contribution in [0.2, 0.25) is 0 Å². The van der Waals surface area contributed by atoms with E-state index in [2.05, 4.69) is 0 Å². The second kappa shape index (κ2) is 6.91. The van der Waals surface area contributed by atoms with Gasteiger partial charge in [0.2, 0.25) is 10.0 Å². The highest BCUT2D eigenvalue weighted by atomic mass is 32.2. The van der Waals surface area contributed by atoms with Crippen molar-refractivity contribution in [2.75, 3.05) is 0 Å². The molecule has 0 spiro atoms. The van der Waals surface area contributed by atoms with Crippen LogP contribution < -0.4 is 0 Å². The fraction of sp³-hybridized carbons (Fsp3) is 0.182. The molecule has 1 atom stereocenters. The van der Waals surface area contributed by atoms with Crippen molar-refractivity contribution in [3.05, 3.63) is 101 Å². The van der Waals surface area contributed by atoms with Crippen molar-refractivity contribution in [2.24, 2.45) is 0 Å². The van der Waals surface area contributed by atoms with Crippen LogP contribution in [0.3, 0.4) is 0 Å². The Morgan fingerprint density at radius 1 is 0.963 bits per heavy atom. The number of halogens is 1. The highest BCUT2D eigenvalue weighted by molar-refractivity contribution is 7.89. The van der Waals surface area contributed by atoms with Crippen LogP contribution in [0.1, 0.15) is 28.3 Å². The fourth-order valence-electron chi connectivity index (χ4n) is 3.59. The Hall–Kier alpha value is -2.50. The van der Waals surface area contributed by atoms with E-state index < -0.39 is 10.0 Å². The fourth-order valence-corrected chi connectivity index (χ4v) is 5.17. The van der Waals surface area contributed by atoms with Gasteiger partial charge in [0.1, 0.15) is 5.82 Å². The van der Waals surface area contributed by atoms with Crippen LogP contribution in [0.25, 0.3) is 0 Å². The zero-order valence-corrected chi connectivity index (χ0v) is 15.8. The molecule has 1 unspecified atom stereocenters. The molecule has 0 aromatic heterocycles. The van der Waals surface area contributed by atoms with Crippen molar-refractivity contribution in [2.45, 2.75) is 30.8 Å². The standard InChI is InChI=1S/C22H20FNO2S/c1-16-6-12-20(13-7-16)27(25,26)24-15-18-4-2-3-5-21(18)22(24)14-17-8-10-19(23)11-9-17/h2-13,22H,14-15H2,1H3. The molecule has 1 aliphatic rings. The molecule has 3 aromatic carbocycles. The number of fused-ring (bicyclic) bond motifs is 1. The molecule has 0 saturated carbocycles. The minimum atomic E-state index is -3.64. The number of aryl methyl sites for hydroxylation is 1. The third-order valence-electron chi connectivity index (χ3n) is 5.06. The van der Waals surface area contributed by atoms with Crippen LogP contribution in [0, 0.1) is 12.7 Å². The van der Waals surface area contributed by atoms with Gasteiger partial charge >= 0.3 is 0 Å². The summed E-state index contributed by atoms with van der Waals surface area (Å²) in [5.41, 5.74) is 3.95. The number of benzene rings is 3. The highest BCUT2D eigenvalue weighted by Crippen LogP contribution is 2.39. The molecule has 3 aromatic rings. The summed E-state index contributed by atoms with van der Waals surface area (Å²) in [6.07, 6.45) is 0.502. The Bertz CT molecular complexity index is 1060. The molecule has 0 bridgehead atoms. The van der Waals surface area contributed by atoms with Crippen LogP contribution in [0.4, 0.5) is 4.39 Å². The summed E-state index contributed by atoms with van der Waals surface area (Å²) >= 11 is 0. The van der Waals surface area contributed by atoms with E-state index in [1.54, 1.807) is 28.6 Å². The number of hydrogen-bond acceptors (Lipinski definition) is 2. The van der Waals surface area contributed by atoms with Gasteiger partial charge in [0.25, 0.3) is 0 Å². The molecule has 5 heteroatoms. The van der Waals surface area contributed by atoms with Crippen LogP contribution in [0.15, 0.2) is 77.7 Å². The smallest absolute Gasteiger partial charge is 0.207 e. The van der Waals surface area contributed by atoms with E-state index in [1.165, 1.54) is 12.1 Å². The predicted octanol–water partition coefficient (Wildman–Crippen LogP) is 4.62. The lowest BCUT2D eigenvalue weighted by molar-refractivity contribution is 0.348. The molecule has 1 aliphatic heterocycles. The molecule has 3 nitrogen and oxygen atoms in total. The zero-order valence-electron chi connectivity index (χ0n) is 15.0. The average Bonchev–Trinajstić information content (AvgIpc) is 3.03. The minimum absolute atomic E-state index is 0.296. The quantitative estimate of drug-likeness (QED) is 0.661. The van der Waals surface area contributed by atoms with Gasteiger partial charge in [-0.3, -0.25) is 0 Å². The van der Waals surface area contributed by atoms with Gasteiger partial charge in [-0.2, -0.15) is 4.31 Å². The monoisotopic (exact) mass is 381 g/mol. The summed E-state index contributed by atoms with van der Waals surface area (Å²) in [5.74, 6) is -0.297. The Labute approximate surface area is 159 Å². The first-order valence-electron chi connectivity index (χ1n) is 8.86. The average molecular weight is 381 g/mol.